The van der Waals surface area contributed by atoms with Gasteiger partial charge in [-0.2, -0.15) is 0 Å². The Kier molecular flexibility index (Phi) is 8.36. The van der Waals surface area contributed by atoms with Gasteiger partial charge in [-0.25, -0.2) is 8.42 Å². The van der Waals surface area contributed by atoms with Crippen LogP contribution in [0.2, 0.25) is 0 Å². The van der Waals surface area contributed by atoms with E-state index >= 15 is 0 Å². The minimum absolute atomic E-state index is 0.101. The van der Waals surface area contributed by atoms with Crippen LogP contribution in [0.25, 0.3) is 0 Å². The molecule has 0 saturated carbocycles. The van der Waals surface area contributed by atoms with E-state index in [9.17, 15) is 13.2 Å². The van der Waals surface area contributed by atoms with Crippen molar-refractivity contribution in [1.29, 1.82) is 0 Å². The van der Waals surface area contributed by atoms with Crippen molar-refractivity contribution in [2.75, 3.05) is 4.31 Å². The van der Waals surface area contributed by atoms with E-state index in [1.54, 1.807) is 48.5 Å². The number of carbonyl (C=O) groups is 1. The van der Waals surface area contributed by atoms with Crippen LogP contribution in [0.15, 0.2) is 102 Å². The van der Waals surface area contributed by atoms with Crippen molar-refractivity contribution in [3.05, 3.63) is 130 Å². The quantitative estimate of drug-likeness (QED) is 0.240. The summed E-state index contributed by atoms with van der Waals surface area (Å²) in [4.78, 5) is 14.0. The fourth-order valence-corrected chi connectivity index (χ4v) is 6.87. The van der Waals surface area contributed by atoms with Gasteiger partial charge in [0.15, 0.2) is 0 Å². The molecule has 0 bridgehead atoms. The fourth-order valence-electron chi connectivity index (χ4n) is 5.40. The topological polar surface area (TPSA) is 66.5 Å². The number of sulfonamides is 1. The van der Waals surface area contributed by atoms with Crippen LogP contribution in [0.4, 0.5) is 5.69 Å². The Morgan fingerprint density at radius 2 is 1.52 bits per heavy atom. The molecule has 6 heteroatoms. The molecule has 0 heterocycles. The van der Waals surface area contributed by atoms with E-state index in [2.05, 4.69) is 30.4 Å². The van der Waals surface area contributed by atoms with E-state index in [0.717, 1.165) is 36.0 Å². The number of hydrogen-bond acceptors (Lipinski definition) is 3. The van der Waals surface area contributed by atoms with E-state index < -0.39 is 10.0 Å². The summed E-state index contributed by atoms with van der Waals surface area (Å²) in [5.74, 6) is -0.294. The lowest BCUT2D eigenvalue weighted by molar-refractivity contribution is 0.0936. The number of fused-ring (bicyclic) bond motifs is 1. The predicted octanol–water partition coefficient (Wildman–Crippen LogP) is 7.15. The molecule has 1 aliphatic carbocycles. The molecule has 0 aromatic heterocycles. The number of nitrogens with one attached hydrogen (secondary N) is 1. The third-order valence-corrected chi connectivity index (χ3v) is 9.46. The van der Waals surface area contributed by atoms with Gasteiger partial charge in [-0.1, -0.05) is 85.3 Å². The van der Waals surface area contributed by atoms with Crippen LogP contribution >= 0.6 is 0 Å². The highest BCUT2D eigenvalue weighted by Gasteiger charge is 2.29. The van der Waals surface area contributed by atoms with Crippen molar-refractivity contribution in [1.82, 2.24) is 5.32 Å². The summed E-state index contributed by atoms with van der Waals surface area (Å²) >= 11 is 0. The number of anilines is 1. The van der Waals surface area contributed by atoms with Crippen molar-refractivity contribution >= 4 is 21.6 Å². The first-order valence-electron chi connectivity index (χ1n) is 14.0. The second-order valence-corrected chi connectivity index (χ2v) is 12.4. The van der Waals surface area contributed by atoms with Gasteiger partial charge in [-0.15, -0.1) is 0 Å². The highest BCUT2D eigenvalue weighted by molar-refractivity contribution is 7.92. The van der Waals surface area contributed by atoms with Crippen molar-refractivity contribution < 1.29 is 13.2 Å². The first-order chi connectivity index (χ1) is 19.4. The zero-order chi connectivity index (χ0) is 28.1. The normalized spacial score (nSPS) is 13.8. The molecule has 1 N–H and O–H groups in total. The van der Waals surface area contributed by atoms with Gasteiger partial charge in [0.25, 0.3) is 15.9 Å². The third-order valence-electron chi connectivity index (χ3n) is 7.68. The SMILES string of the molecule is CCC(NC(=O)c1ccccc1N(Cc1ccccc1)S(=O)(=O)c1ccc(C)cc1)c1ccc2c(c1)CCCC2. The molecule has 1 unspecified atom stereocenters. The Morgan fingerprint density at radius 1 is 0.850 bits per heavy atom. The number of aryl methyl sites for hydroxylation is 3. The summed E-state index contributed by atoms with van der Waals surface area (Å²) in [7, 11) is -3.97. The standard InChI is InChI=1S/C34H36N2O3S/c1-3-32(29-20-19-27-13-7-8-14-28(27)23-29)35-34(37)31-15-9-10-16-33(31)36(24-26-11-5-4-6-12-26)40(38,39)30-21-17-25(2)18-22-30/h4-6,9-12,15-23,32H,3,7-8,13-14,24H2,1-2H3,(H,35,37). The van der Waals surface area contributed by atoms with Crippen LogP contribution < -0.4 is 9.62 Å². The maximum absolute atomic E-state index is 14.1. The minimum Gasteiger partial charge on any atom is -0.345 e. The number of nitrogens with zero attached hydrogens (tertiary/aromatic N) is 1. The number of carbonyl (C=O) groups excluding carboxylic acids is 1. The first-order valence-corrected chi connectivity index (χ1v) is 15.5. The van der Waals surface area contributed by atoms with Gasteiger partial charge in [-0.05, 0) is 85.5 Å². The molecule has 40 heavy (non-hydrogen) atoms. The van der Waals surface area contributed by atoms with Gasteiger partial charge in [0.05, 0.1) is 28.7 Å². The first kappa shape index (κ1) is 27.7. The van der Waals surface area contributed by atoms with Crippen LogP contribution in [0, 0.1) is 6.92 Å². The minimum atomic E-state index is -3.97. The maximum atomic E-state index is 14.1. The molecule has 5 rings (SSSR count). The number of rotatable bonds is 9. The second kappa shape index (κ2) is 12.1. The lowest BCUT2D eigenvalue weighted by Crippen LogP contribution is -2.34. The molecule has 0 saturated heterocycles. The summed E-state index contributed by atoms with van der Waals surface area (Å²) < 4.78 is 29.5. The summed E-state index contributed by atoms with van der Waals surface area (Å²) in [6.07, 6.45) is 5.32. The molecular formula is C34H36N2O3S. The number of para-hydroxylation sites is 1. The Labute approximate surface area is 237 Å². The van der Waals surface area contributed by atoms with Crippen molar-refractivity contribution in [3.63, 3.8) is 0 Å². The lowest BCUT2D eigenvalue weighted by atomic mass is 9.88. The Balaban J connectivity index is 1.50. The maximum Gasteiger partial charge on any atom is 0.264 e. The summed E-state index contributed by atoms with van der Waals surface area (Å²) in [5, 5.41) is 3.20. The molecule has 1 amide bonds. The molecule has 0 spiro atoms. The molecule has 0 aliphatic heterocycles. The average molecular weight is 553 g/mol. The molecular weight excluding hydrogens is 516 g/mol. The van der Waals surface area contributed by atoms with E-state index in [1.165, 1.54) is 28.3 Å². The molecule has 0 radical (unpaired) electrons. The smallest absolute Gasteiger partial charge is 0.264 e. The van der Waals surface area contributed by atoms with Crippen LogP contribution in [-0.2, 0) is 29.4 Å². The van der Waals surface area contributed by atoms with Crippen molar-refractivity contribution in [2.45, 2.75) is 63.4 Å². The van der Waals surface area contributed by atoms with Gasteiger partial charge >= 0.3 is 0 Å². The Morgan fingerprint density at radius 3 is 2.25 bits per heavy atom. The lowest BCUT2D eigenvalue weighted by Gasteiger charge is -2.27. The summed E-state index contributed by atoms with van der Waals surface area (Å²) in [6, 6.07) is 29.6. The van der Waals surface area contributed by atoms with E-state index in [1.807, 2.05) is 37.3 Å². The zero-order valence-corrected chi connectivity index (χ0v) is 24.0. The van der Waals surface area contributed by atoms with E-state index in [0.29, 0.717) is 11.3 Å². The Bertz CT molecular complexity index is 1580. The van der Waals surface area contributed by atoms with Crippen molar-refractivity contribution in [3.8, 4) is 0 Å². The second-order valence-electron chi connectivity index (χ2n) is 10.5. The van der Waals surface area contributed by atoms with Gasteiger partial charge in [0.2, 0.25) is 0 Å². The fraction of sp³-hybridized carbons (Fsp3) is 0.265. The molecule has 4 aromatic carbocycles. The van der Waals surface area contributed by atoms with Crippen LogP contribution in [0.5, 0.6) is 0 Å². The average Bonchev–Trinajstić information content (AvgIpc) is 2.99. The van der Waals surface area contributed by atoms with Gasteiger partial charge in [-0.3, -0.25) is 9.10 Å². The molecule has 1 aliphatic rings. The highest BCUT2D eigenvalue weighted by atomic mass is 32.2. The summed E-state index contributed by atoms with van der Waals surface area (Å²) in [5.41, 5.74) is 6.34. The predicted molar refractivity (Wildman–Crippen MR) is 161 cm³/mol. The van der Waals surface area contributed by atoms with Crippen LogP contribution in [0.1, 0.15) is 70.4 Å². The van der Waals surface area contributed by atoms with E-state index in [-0.39, 0.29) is 23.4 Å². The number of amides is 1. The molecule has 4 aromatic rings. The molecule has 5 nitrogen and oxygen atoms in total. The number of benzene rings is 4. The van der Waals surface area contributed by atoms with Crippen LogP contribution in [0.3, 0.4) is 0 Å². The van der Waals surface area contributed by atoms with Gasteiger partial charge < -0.3 is 5.32 Å². The Hall–Kier alpha value is -3.90. The third kappa shape index (κ3) is 5.97. The molecule has 1 atom stereocenters. The largest absolute Gasteiger partial charge is 0.345 e. The monoisotopic (exact) mass is 552 g/mol. The highest BCUT2D eigenvalue weighted by Crippen LogP contribution is 2.31. The van der Waals surface area contributed by atoms with Gasteiger partial charge in [0, 0.05) is 0 Å². The van der Waals surface area contributed by atoms with Gasteiger partial charge in [0.1, 0.15) is 0 Å². The van der Waals surface area contributed by atoms with Crippen LogP contribution in [-0.4, -0.2) is 14.3 Å². The number of hydrogen-bond donors (Lipinski definition) is 1. The van der Waals surface area contributed by atoms with Crippen molar-refractivity contribution in [2.24, 2.45) is 0 Å². The zero-order valence-electron chi connectivity index (χ0n) is 23.1. The molecule has 206 valence electrons. The summed E-state index contributed by atoms with van der Waals surface area (Å²) in [6.45, 7) is 4.08. The molecule has 0 fully saturated rings. The van der Waals surface area contributed by atoms with E-state index in [4.69, 9.17) is 0 Å².